The maximum atomic E-state index is 10.1. The van der Waals surface area contributed by atoms with Crippen molar-refractivity contribution in [3.05, 3.63) is 29.8 Å². The van der Waals surface area contributed by atoms with Crippen LogP contribution < -0.4 is 10.1 Å². The van der Waals surface area contributed by atoms with Crippen molar-refractivity contribution in [1.29, 1.82) is 0 Å². The molecular formula is C23H35NO2. The molecule has 0 aliphatic heterocycles. The van der Waals surface area contributed by atoms with E-state index in [1.54, 1.807) is 0 Å². The van der Waals surface area contributed by atoms with Crippen molar-refractivity contribution in [3.63, 3.8) is 0 Å². The third-order valence-electron chi connectivity index (χ3n) is 7.26. The predicted molar refractivity (Wildman–Crippen MR) is 106 cm³/mol. The summed E-state index contributed by atoms with van der Waals surface area (Å²) in [6.07, 6.45) is 9.28. The smallest absolute Gasteiger partial charge is 0.119 e. The van der Waals surface area contributed by atoms with Gasteiger partial charge in [0.15, 0.2) is 0 Å². The van der Waals surface area contributed by atoms with Gasteiger partial charge in [-0.15, -0.1) is 0 Å². The number of aliphatic hydroxyl groups is 1. The second-order valence-electron chi connectivity index (χ2n) is 9.40. The van der Waals surface area contributed by atoms with Gasteiger partial charge in [-0.25, -0.2) is 0 Å². The molecule has 4 aliphatic rings. The Kier molecular flexibility index (Phi) is 5.29. The molecule has 5 rings (SSSR count). The van der Waals surface area contributed by atoms with Crippen LogP contribution in [0.2, 0.25) is 0 Å². The van der Waals surface area contributed by atoms with Crippen molar-refractivity contribution in [3.8, 4) is 5.75 Å². The molecule has 4 aliphatic carbocycles. The normalized spacial score (nSPS) is 34.7. The molecule has 1 aromatic rings. The van der Waals surface area contributed by atoms with Gasteiger partial charge in [0.05, 0.1) is 0 Å². The SMILES string of the molecule is CCC(C)NCC(O)COc1ccc(C23CC4CC(CC(C4)C2)C3)cc1. The molecule has 3 heteroatoms. The van der Waals surface area contributed by atoms with E-state index in [1.807, 2.05) is 0 Å². The fraction of sp³-hybridized carbons (Fsp3) is 0.739. The van der Waals surface area contributed by atoms with Crippen LogP contribution in [0.1, 0.15) is 64.4 Å². The molecule has 144 valence electrons. The first-order chi connectivity index (χ1) is 12.6. The Labute approximate surface area is 158 Å². The van der Waals surface area contributed by atoms with Crippen LogP contribution in [0.25, 0.3) is 0 Å². The highest BCUT2D eigenvalue weighted by Gasteiger charge is 2.51. The Hall–Kier alpha value is -1.06. The summed E-state index contributed by atoms with van der Waals surface area (Å²) in [6, 6.07) is 9.26. The summed E-state index contributed by atoms with van der Waals surface area (Å²) in [4.78, 5) is 0. The number of benzene rings is 1. The van der Waals surface area contributed by atoms with E-state index in [2.05, 4.69) is 43.4 Å². The Morgan fingerprint density at radius 1 is 1.08 bits per heavy atom. The second-order valence-corrected chi connectivity index (χ2v) is 9.40. The number of rotatable bonds is 8. The molecule has 1 aromatic carbocycles. The van der Waals surface area contributed by atoms with Crippen LogP contribution in [-0.2, 0) is 5.41 Å². The molecule has 4 bridgehead atoms. The van der Waals surface area contributed by atoms with Crippen LogP contribution in [0.3, 0.4) is 0 Å². The van der Waals surface area contributed by atoms with Crippen molar-refractivity contribution >= 4 is 0 Å². The van der Waals surface area contributed by atoms with Gasteiger partial charge in [-0.1, -0.05) is 19.1 Å². The lowest BCUT2D eigenvalue weighted by Crippen LogP contribution is -2.48. The molecule has 0 heterocycles. The summed E-state index contributed by atoms with van der Waals surface area (Å²) in [7, 11) is 0. The molecule has 0 aromatic heterocycles. The molecule has 0 spiro atoms. The van der Waals surface area contributed by atoms with Gasteiger partial charge in [-0.2, -0.15) is 0 Å². The van der Waals surface area contributed by atoms with Crippen molar-refractivity contribution < 1.29 is 9.84 Å². The Balaban J connectivity index is 1.33. The number of hydrogen-bond acceptors (Lipinski definition) is 3. The zero-order chi connectivity index (χ0) is 18.1. The molecule has 0 amide bonds. The Morgan fingerprint density at radius 2 is 1.65 bits per heavy atom. The molecule has 26 heavy (non-hydrogen) atoms. The van der Waals surface area contributed by atoms with Crippen molar-refractivity contribution in [2.45, 2.75) is 76.4 Å². The van der Waals surface area contributed by atoms with E-state index in [9.17, 15) is 5.11 Å². The van der Waals surface area contributed by atoms with Gasteiger partial charge >= 0.3 is 0 Å². The first-order valence-electron chi connectivity index (χ1n) is 10.7. The molecule has 4 saturated carbocycles. The first-order valence-corrected chi connectivity index (χ1v) is 10.7. The zero-order valence-corrected chi connectivity index (χ0v) is 16.4. The first kappa shape index (κ1) is 18.3. The number of nitrogens with one attached hydrogen (secondary N) is 1. The zero-order valence-electron chi connectivity index (χ0n) is 16.4. The number of ether oxygens (including phenoxy) is 1. The number of aliphatic hydroxyl groups excluding tert-OH is 1. The topological polar surface area (TPSA) is 41.5 Å². The minimum Gasteiger partial charge on any atom is -0.491 e. The van der Waals surface area contributed by atoms with E-state index < -0.39 is 6.10 Å². The standard InChI is InChI=1S/C23H35NO2/c1-3-16(2)24-14-21(25)15-26-22-6-4-20(5-7-22)23-11-17-8-18(12-23)10-19(9-17)13-23/h4-7,16-19,21,24-25H,3,8-15H2,1-2H3. The minimum atomic E-state index is -0.466. The van der Waals surface area contributed by atoms with Gasteiger partial charge in [0.25, 0.3) is 0 Å². The maximum Gasteiger partial charge on any atom is 0.119 e. The van der Waals surface area contributed by atoms with E-state index in [1.165, 1.54) is 44.1 Å². The van der Waals surface area contributed by atoms with Crippen LogP contribution in [0, 0.1) is 17.8 Å². The van der Waals surface area contributed by atoms with Crippen molar-refractivity contribution in [1.82, 2.24) is 5.32 Å². The Morgan fingerprint density at radius 3 is 2.19 bits per heavy atom. The highest BCUT2D eigenvalue weighted by atomic mass is 16.5. The third-order valence-corrected chi connectivity index (χ3v) is 7.26. The molecule has 0 saturated heterocycles. The van der Waals surface area contributed by atoms with E-state index in [0.717, 1.165) is 29.9 Å². The summed E-state index contributed by atoms with van der Waals surface area (Å²) in [6.45, 7) is 5.21. The molecule has 2 atom stereocenters. The Bertz CT molecular complexity index is 561. The third kappa shape index (κ3) is 3.80. The average Bonchev–Trinajstić information content (AvgIpc) is 2.63. The van der Waals surface area contributed by atoms with E-state index in [0.29, 0.717) is 24.6 Å². The monoisotopic (exact) mass is 357 g/mol. The highest BCUT2D eigenvalue weighted by molar-refractivity contribution is 5.34. The summed E-state index contributed by atoms with van der Waals surface area (Å²) in [5.41, 5.74) is 1.98. The number of hydrogen-bond donors (Lipinski definition) is 2. The largest absolute Gasteiger partial charge is 0.491 e. The summed E-state index contributed by atoms with van der Waals surface area (Å²) in [5.74, 6) is 3.81. The second kappa shape index (κ2) is 7.52. The van der Waals surface area contributed by atoms with E-state index in [-0.39, 0.29) is 0 Å². The lowest BCUT2D eigenvalue weighted by atomic mass is 9.48. The highest BCUT2D eigenvalue weighted by Crippen LogP contribution is 2.60. The van der Waals surface area contributed by atoms with Gasteiger partial charge in [0.2, 0.25) is 0 Å². The van der Waals surface area contributed by atoms with Crippen LogP contribution in [0.5, 0.6) is 5.75 Å². The lowest BCUT2D eigenvalue weighted by Gasteiger charge is -2.57. The molecule has 2 unspecified atom stereocenters. The fourth-order valence-corrected chi connectivity index (χ4v) is 6.10. The molecule has 3 nitrogen and oxygen atoms in total. The molecule has 0 radical (unpaired) electrons. The van der Waals surface area contributed by atoms with Gasteiger partial charge in [-0.3, -0.25) is 0 Å². The van der Waals surface area contributed by atoms with Gasteiger partial charge in [0.1, 0.15) is 18.5 Å². The summed E-state index contributed by atoms with van der Waals surface area (Å²) in [5, 5.41) is 13.4. The van der Waals surface area contributed by atoms with Crippen LogP contribution in [0.4, 0.5) is 0 Å². The van der Waals surface area contributed by atoms with Crippen molar-refractivity contribution in [2.24, 2.45) is 17.8 Å². The van der Waals surface area contributed by atoms with E-state index >= 15 is 0 Å². The predicted octanol–water partition coefficient (Wildman–Crippen LogP) is 4.28. The maximum absolute atomic E-state index is 10.1. The van der Waals surface area contributed by atoms with Gasteiger partial charge in [0, 0.05) is 12.6 Å². The summed E-state index contributed by atoms with van der Waals surface area (Å²) < 4.78 is 5.82. The van der Waals surface area contributed by atoms with Gasteiger partial charge in [-0.05, 0) is 92.7 Å². The fourth-order valence-electron chi connectivity index (χ4n) is 6.10. The lowest BCUT2D eigenvalue weighted by molar-refractivity contribution is -0.00521. The van der Waals surface area contributed by atoms with Crippen LogP contribution >= 0.6 is 0 Å². The molecule has 2 N–H and O–H groups in total. The average molecular weight is 358 g/mol. The van der Waals surface area contributed by atoms with E-state index in [4.69, 9.17) is 4.74 Å². The minimum absolute atomic E-state index is 0.347. The summed E-state index contributed by atoms with van der Waals surface area (Å²) >= 11 is 0. The quantitative estimate of drug-likeness (QED) is 0.729. The molecule has 4 fully saturated rings. The molecular weight excluding hydrogens is 322 g/mol. The van der Waals surface area contributed by atoms with Crippen LogP contribution in [-0.4, -0.2) is 30.4 Å². The van der Waals surface area contributed by atoms with Gasteiger partial charge < -0.3 is 15.2 Å². The van der Waals surface area contributed by atoms with Crippen LogP contribution in [0.15, 0.2) is 24.3 Å². The van der Waals surface area contributed by atoms with Crippen molar-refractivity contribution in [2.75, 3.05) is 13.2 Å².